The Labute approximate surface area is 203 Å². The van der Waals surface area contributed by atoms with Crippen molar-refractivity contribution < 1.29 is 33.4 Å². The largest absolute Gasteiger partial charge is 0.493 e. The number of rotatable bonds is 11. The summed E-state index contributed by atoms with van der Waals surface area (Å²) in [6.45, 7) is 2.37. The van der Waals surface area contributed by atoms with Crippen LogP contribution in [0.15, 0.2) is 42.5 Å². The number of carbonyl (C=O) groups is 4. The second-order valence-electron chi connectivity index (χ2n) is 7.88. The smallest absolute Gasteiger partial charge is 0.262 e. The first-order valence-corrected chi connectivity index (χ1v) is 11.3. The van der Waals surface area contributed by atoms with Crippen LogP contribution in [-0.4, -0.2) is 63.0 Å². The number of hydrogen-bond acceptors (Lipinski definition) is 7. The summed E-state index contributed by atoms with van der Waals surface area (Å²) in [4.78, 5) is 47.9. The molecule has 2 aromatic rings. The van der Waals surface area contributed by atoms with E-state index in [1.54, 1.807) is 42.5 Å². The van der Waals surface area contributed by atoms with Crippen LogP contribution in [0, 0.1) is 0 Å². The molecule has 3 rings (SSSR count). The Morgan fingerprint density at radius 3 is 2.34 bits per heavy atom. The maximum Gasteiger partial charge on any atom is 0.262 e. The lowest BCUT2D eigenvalue weighted by Gasteiger charge is -2.12. The third kappa shape index (κ3) is 7.54. The molecule has 0 radical (unpaired) electrons. The summed E-state index contributed by atoms with van der Waals surface area (Å²) < 4.78 is 16.0. The second kappa shape index (κ2) is 12.5. The minimum absolute atomic E-state index is 0.106. The summed E-state index contributed by atoms with van der Waals surface area (Å²) >= 11 is 0. The maximum atomic E-state index is 12.3. The van der Waals surface area contributed by atoms with Gasteiger partial charge in [-0.05, 0) is 62.2 Å². The van der Waals surface area contributed by atoms with E-state index in [0.717, 1.165) is 12.8 Å². The first-order valence-electron chi connectivity index (χ1n) is 11.3. The van der Waals surface area contributed by atoms with E-state index in [4.69, 9.17) is 14.2 Å². The van der Waals surface area contributed by atoms with Gasteiger partial charge in [0, 0.05) is 36.5 Å². The average Bonchev–Trinajstić information content (AvgIpc) is 3.40. The van der Waals surface area contributed by atoms with Gasteiger partial charge in [-0.25, -0.2) is 0 Å². The van der Waals surface area contributed by atoms with Gasteiger partial charge in [0.2, 0.25) is 5.91 Å². The molecule has 3 amide bonds. The molecule has 10 nitrogen and oxygen atoms in total. The molecule has 0 aliphatic carbocycles. The van der Waals surface area contributed by atoms with Gasteiger partial charge in [0.25, 0.3) is 11.8 Å². The van der Waals surface area contributed by atoms with Crippen LogP contribution in [0.3, 0.4) is 0 Å². The molecule has 1 atom stereocenters. The minimum atomic E-state index is -0.401. The average molecular weight is 484 g/mol. The molecule has 3 N–H and O–H groups in total. The number of ether oxygens (including phenoxy) is 3. The highest BCUT2D eigenvalue weighted by Crippen LogP contribution is 2.28. The first kappa shape index (κ1) is 25.7. The number of Topliss-reactive ketones (excluding diaryl/α,β-unsaturated/α-hetero) is 1. The van der Waals surface area contributed by atoms with Crippen LogP contribution in [0.2, 0.25) is 0 Å². The summed E-state index contributed by atoms with van der Waals surface area (Å²) in [5.74, 6) is -0.266. The van der Waals surface area contributed by atoms with Crippen molar-refractivity contribution in [2.24, 2.45) is 0 Å². The molecule has 0 bridgehead atoms. The molecule has 2 aromatic carbocycles. The fourth-order valence-corrected chi connectivity index (χ4v) is 3.41. The van der Waals surface area contributed by atoms with E-state index >= 15 is 0 Å². The molecular formula is C25H29N3O7. The van der Waals surface area contributed by atoms with Crippen LogP contribution >= 0.6 is 0 Å². The van der Waals surface area contributed by atoms with Gasteiger partial charge in [0.05, 0.1) is 7.11 Å². The van der Waals surface area contributed by atoms with E-state index in [-0.39, 0.29) is 30.7 Å². The van der Waals surface area contributed by atoms with Gasteiger partial charge in [-0.3, -0.25) is 19.2 Å². The first-order chi connectivity index (χ1) is 16.9. The minimum Gasteiger partial charge on any atom is -0.493 e. The van der Waals surface area contributed by atoms with Crippen LogP contribution in [0.5, 0.6) is 11.5 Å². The zero-order valence-electron chi connectivity index (χ0n) is 19.7. The van der Waals surface area contributed by atoms with Crippen molar-refractivity contribution in [3.63, 3.8) is 0 Å². The summed E-state index contributed by atoms with van der Waals surface area (Å²) in [5.41, 5.74) is 1.39. The van der Waals surface area contributed by atoms with E-state index in [2.05, 4.69) is 16.0 Å². The number of carbonyl (C=O) groups excluding carboxylic acids is 4. The third-order valence-electron chi connectivity index (χ3n) is 5.29. The third-order valence-corrected chi connectivity index (χ3v) is 5.29. The quantitative estimate of drug-likeness (QED) is 0.329. The number of amides is 3. The highest BCUT2D eigenvalue weighted by atomic mass is 16.5. The van der Waals surface area contributed by atoms with E-state index in [0.29, 0.717) is 41.5 Å². The molecule has 1 unspecified atom stereocenters. The topological polar surface area (TPSA) is 132 Å². The lowest BCUT2D eigenvalue weighted by Crippen LogP contribution is -2.39. The molecule has 1 fully saturated rings. The second-order valence-corrected chi connectivity index (χ2v) is 7.88. The highest BCUT2D eigenvalue weighted by molar-refractivity contribution is 5.96. The standard InChI is InChI=1S/C25H29N3O7/c1-16(29)18-7-10-20(22(14-18)33-2)35-15-23(30)28-19-8-5-17(6-9-19)24(31)26-11-12-27-25(32)21-4-3-13-34-21/h5-10,14,21H,3-4,11-13,15H2,1-2H3,(H,26,31)(H,27,32)(H,28,30). The fourth-order valence-electron chi connectivity index (χ4n) is 3.41. The highest BCUT2D eigenvalue weighted by Gasteiger charge is 2.22. The zero-order chi connectivity index (χ0) is 25.2. The van der Waals surface area contributed by atoms with E-state index in [9.17, 15) is 19.2 Å². The lowest BCUT2D eigenvalue weighted by atomic mass is 10.1. The van der Waals surface area contributed by atoms with E-state index < -0.39 is 12.0 Å². The molecule has 1 aliphatic heterocycles. The normalized spacial score (nSPS) is 14.6. The van der Waals surface area contributed by atoms with Crippen molar-refractivity contribution in [2.45, 2.75) is 25.9 Å². The predicted octanol–water partition coefficient (Wildman–Crippen LogP) is 1.94. The molecule has 1 aliphatic rings. The number of benzene rings is 2. The molecule has 1 heterocycles. The van der Waals surface area contributed by atoms with Gasteiger partial charge in [0.1, 0.15) is 6.10 Å². The molecule has 0 aromatic heterocycles. The molecule has 0 saturated carbocycles. The number of anilines is 1. The lowest BCUT2D eigenvalue weighted by molar-refractivity contribution is -0.130. The van der Waals surface area contributed by atoms with Crippen molar-refractivity contribution in [1.82, 2.24) is 10.6 Å². The van der Waals surface area contributed by atoms with Gasteiger partial charge in [-0.1, -0.05) is 0 Å². The fraction of sp³-hybridized carbons (Fsp3) is 0.360. The van der Waals surface area contributed by atoms with Crippen molar-refractivity contribution >= 4 is 29.2 Å². The van der Waals surface area contributed by atoms with Crippen molar-refractivity contribution in [3.8, 4) is 11.5 Å². The summed E-state index contributed by atoms with van der Waals surface area (Å²) in [6.07, 6.45) is 1.20. The van der Waals surface area contributed by atoms with E-state index in [1.807, 2.05) is 0 Å². The van der Waals surface area contributed by atoms with Crippen LogP contribution in [0.25, 0.3) is 0 Å². The number of nitrogens with one attached hydrogen (secondary N) is 3. The summed E-state index contributed by atoms with van der Waals surface area (Å²) in [6, 6.07) is 11.1. The molecule has 10 heteroatoms. The van der Waals surface area contributed by atoms with Crippen LogP contribution in [-0.2, 0) is 14.3 Å². The molecule has 0 spiro atoms. The zero-order valence-corrected chi connectivity index (χ0v) is 19.7. The molecular weight excluding hydrogens is 454 g/mol. The van der Waals surface area contributed by atoms with Crippen LogP contribution in [0.1, 0.15) is 40.5 Å². The van der Waals surface area contributed by atoms with Crippen LogP contribution in [0.4, 0.5) is 5.69 Å². The molecule has 186 valence electrons. The Morgan fingerprint density at radius 2 is 1.69 bits per heavy atom. The van der Waals surface area contributed by atoms with Gasteiger partial charge in [-0.2, -0.15) is 0 Å². The summed E-state index contributed by atoms with van der Waals surface area (Å²) in [7, 11) is 1.45. The number of hydrogen-bond donors (Lipinski definition) is 3. The maximum absolute atomic E-state index is 12.3. The Kier molecular flexibility index (Phi) is 9.19. The van der Waals surface area contributed by atoms with Crippen molar-refractivity contribution in [3.05, 3.63) is 53.6 Å². The van der Waals surface area contributed by atoms with E-state index in [1.165, 1.54) is 14.0 Å². The number of ketones is 1. The van der Waals surface area contributed by atoms with Crippen molar-refractivity contribution in [1.29, 1.82) is 0 Å². The van der Waals surface area contributed by atoms with Gasteiger partial charge in [-0.15, -0.1) is 0 Å². The predicted molar refractivity (Wildman–Crippen MR) is 128 cm³/mol. The summed E-state index contributed by atoms with van der Waals surface area (Å²) in [5, 5.41) is 8.16. The Morgan fingerprint density at radius 1 is 0.971 bits per heavy atom. The SMILES string of the molecule is COc1cc(C(C)=O)ccc1OCC(=O)Nc1ccc(C(=O)NCCNC(=O)C2CCCO2)cc1. The van der Waals surface area contributed by atoms with Crippen molar-refractivity contribution in [2.75, 3.05) is 38.7 Å². The van der Waals surface area contributed by atoms with Crippen LogP contribution < -0.4 is 25.4 Å². The van der Waals surface area contributed by atoms with Gasteiger partial charge < -0.3 is 30.2 Å². The molecule has 1 saturated heterocycles. The van der Waals surface area contributed by atoms with Gasteiger partial charge >= 0.3 is 0 Å². The Balaban J connectivity index is 1.41. The number of methoxy groups -OCH3 is 1. The molecule has 35 heavy (non-hydrogen) atoms. The monoisotopic (exact) mass is 483 g/mol. The Hall–Kier alpha value is -3.92. The Bertz CT molecular complexity index is 1060. The van der Waals surface area contributed by atoms with Gasteiger partial charge in [0.15, 0.2) is 23.9 Å².